The number of nitrogens with zero attached hydrogens (tertiary/aromatic N) is 3. The molecule has 11 nitrogen and oxygen atoms in total. The van der Waals surface area contributed by atoms with Crippen LogP contribution in [0.3, 0.4) is 0 Å². The van der Waals surface area contributed by atoms with E-state index in [-0.39, 0.29) is 57.2 Å². The van der Waals surface area contributed by atoms with Crippen molar-refractivity contribution in [2.24, 2.45) is 0 Å². The van der Waals surface area contributed by atoms with Crippen molar-refractivity contribution in [2.45, 2.75) is 71.6 Å². The smallest absolute Gasteiger partial charge is 0.409 e. The summed E-state index contributed by atoms with van der Waals surface area (Å²) in [6, 6.07) is 11.4. The average Bonchev–Trinajstić information content (AvgIpc) is 2.97. The molecule has 2 heterocycles. The van der Waals surface area contributed by atoms with E-state index in [1.54, 1.807) is 52.5 Å². The second kappa shape index (κ2) is 14.8. The minimum atomic E-state index is -1.25. The molecule has 1 aromatic carbocycles. The number of carbonyl (C=O) groups excluding carboxylic acids is 4. The minimum Gasteiger partial charge on any atom is -0.460 e. The number of aliphatic hydroxyl groups is 1. The number of nitrogens with one attached hydrogen (secondary N) is 1. The van der Waals surface area contributed by atoms with E-state index in [1.165, 1.54) is 11.0 Å². The predicted molar refractivity (Wildman–Crippen MR) is 164 cm³/mol. The number of pyridine rings is 1. The van der Waals surface area contributed by atoms with Crippen LogP contribution in [0.5, 0.6) is 0 Å². The number of piperazine rings is 1. The highest BCUT2D eigenvalue weighted by Crippen LogP contribution is 2.20. The molecule has 11 heteroatoms. The highest BCUT2D eigenvalue weighted by molar-refractivity contribution is 5.97. The molecule has 1 aliphatic heterocycles. The van der Waals surface area contributed by atoms with E-state index in [0.29, 0.717) is 11.3 Å². The van der Waals surface area contributed by atoms with Gasteiger partial charge in [0.1, 0.15) is 22.9 Å². The first-order valence-electron chi connectivity index (χ1n) is 14.7. The fraction of sp³-hybridized carbons (Fsp3) is 0.485. The first kappa shape index (κ1) is 34.1. The molecule has 2 N–H and O–H groups in total. The largest absolute Gasteiger partial charge is 0.460 e. The van der Waals surface area contributed by atoms with E-state index >= 15 is 0 Å². The molecule has 1 atom stereocenters. The molecular weight excluding hydrogens is 564 g/mol. The van der Waals surface area contributed by atoms with Crippen LogP contribution in [0.4, 0.5) is 4.79 Å². The molecule has 1 aliphatic rings. The normalized spacial score (nSPS) is 14.2. The van der Waals surface area contributed by atoms with Crippen LogP contribution in [0, 0.1) is 11.8 Å². The second-order valence-electron chi connectivity index (χ2n) is 12.0. The lowest BCUT2D eigenvalue weighted by atomic mass is 10.1. The number of ether oxygens (including phenoxy) is 2. The summed E-state index contributed by atoms with van der Waals surface area (Å²) in [5, 5.41) is 12.9. The van der Waals surface area contributed by atoms with Crippen molar-refractivity contribution >= 4 is 23.9 Å². The maximum absolute atomic E-state index is 13.7. The second-order valence-corrected chi connectivity index (χ2v) is 12.0. The fourth-order valence-electron chi connectivity index (χ4n) is 4.39. The molecular formula is C33H42N4O7. The van der Waals surface area contributed by atoms with Crippen LogP contribution >= 0.6 is 0 Å². The maximum atomic E-state index is 13.7. The van der Waals surface area contributed by atoms with Gasteiger partial charge in [0.25, 0.3) is 5.91 Å². The van der Waals surface area contributed by atoms with Gasteiger partial charge in [-0.3, -0.25) is 14.4 Å². The molecule has 1 fully saturated rings. The van der Waals surface area contributed by atoms with Gasteiger partial charge in [0.05, 0.1) is 12.3 Å². The zero-order valence-corrected chi connectivity index (χ0v) is 26.3. The van der Waals surface area contributed by atoms with Gasteiger partial charge in [0.15, 0.2) is 0 Å². The molecule has 1 aromatic heterocycles. The Morgan fingerprint density at radius 2 is 1.64 bits per heavy atom. The van der Waals surface area contributed by atoms with Gasteiger partial charge in [0.2, 0.25) is 5.91 Å². The van der Waals surface area contributed by atoms with Crippen molar-refractivity contribution in [1.82, 2.24) is 20.1 Å². The van der Waals surface area contributed by atoms with E-state index in [2.05, 4.69) is 22.1 Å². The molecule has 1 unspecified atom stereocenters. The Balaban J connectivity index is 1.88. The van der Waals surface area contributed by atoms with Gasteiger partial charge >= 0.3 is 12.1 Å². The van der Waals surface area contributed by atoms with Gasteiger partial charge in [-0.25, -0.2) is 9.78 Å². The summed E-state index contributed by atoms with van der Waals surface area (Å²) in [7, 11) is 0. The Labute approximate surface area is 258 Å². The number of esters is 1. The number of amides is 3. The Kier molecular flexibility index (Phi) is 11.5. The Morgan fingerprint density at radius 1 is 1.00 bits per heavy atom. The molecule has 0 aliphatic carbocycles. The standard InChI is InChI=1S/C33H42N4O7/c1-7-43-31(41)37-19-17-36(18-20-37)30(40)25(13-14-28(38)44-32(2,3)4)35-29(39)27-22-23(15-16-33(5,6)42)21-26(34-27)24-11-9-8-10-12-24/h8-12,21-22,25,42H,7,13-14,17-20H2,1-6H3,(H,35,39). The lowest BCUT2D eigenvalue weighted by Gasteiger charge is -2.36. The SMILES string of the molecule is CCOC(=O)N1CCN(C(=O)C(CCC(=O)OC(C)(C)C)NC(=O)c2cc(C#CC(C)(C)O)cc(-c3ccccc3)n2)CC1. The number of hydrogen-bond acceptors (Lipinski definition) is 8. The lowest BCUT2D eigenvalue weighted by molar-refractivity contribution is -0.155. The van der Waals surface area contributed by atoms with Crippen LogP contribution in [-0.4, -0.2) is 93.8 Å². The van der Waals surface area contributed by atoms with Gasteiger partial charge in [-0.1, -0.05) is 42.2 Å². The number of aromatic nitrogens is 1. The van der Waals surface area contributed by atoms with Crippen molar-refractivity contribution in [1.29, 1.82) is 0 Å². The third-order valence-corrected chi connectivity index (χ3v) is 6.42. The predicted octanol–water partition coefficient (Wildman–Crippen LogP) is 3.39. The average molecular weight is 607 g/mol. The van der Waals surface area contributed by atoms with Crippen LogP contribution in [0.2, 0.25) is 0 Å². The van der Waals surface area contributed by atoms with E-state index in [0.717, 1.165) is 5.56 Å². The zero-order chi connectivity index (χ0) is 32.5. The van der Waals surface area contributed by atoms with Gasteiger partial charge in [0, 0.05) is 43.7 Å². The molecule has 0 spiro atoms. The summed E-state index contributed by atoms with van der Waals surface area (Å²) >= 11 is 0. The summed E-state index contributed by atoms with van der Waals surface area (Å²) in [6.45, 7) is 11.4. The van der Waals surface area contributed by atoms with Crippen LogP contribution < -0.4 is 5.32 Å². The number of benzene rings is 1. The van der Waals surface area contributed by atoms with Gasteiger partial charge in [-0.2, -0.15) is 0 Å². The van der Waals surface area contributed by atoms with Crippen LogP contribution in [0.15, 0.2) is 42.5 Å². The first-order valence-corrected chi connectivity index (χ1v) is 14.7. The highest BCUT2D eigenvalue weighted by atomic mass is 16.6. The molecule has 0 saturated carbocycles. The first-order chi connectivity index (χ1) is 20.6. The quantitative estimate of drug-likeness (QED) is 0.345. The molecule has 44 heavy (non-hydrogen) atoms. The molecule has 0 radical (unpaired) electrons. The van der Waals surface area contributed by atoms with Crippen LogP contribution in [0.25, 0.3) is 11.3 Å². The van der Waals surface area contributed by atoms with Crippen LogP contribution in [0.1, 0.15) is 70.4 Å². The Morgan fingerprint density at radius 3 is 2.23 bits per heavy atom. The van der Waals surface area contributed by atoms with Gasteiger partial charge in [-0.05, 0) is 60.1 Å². The number of hydrogen-bond donors (Lipinski definition) is 2. The van der Waals surface area contributed by atoms with Gasteiger partial charge < -0.3 is 29.7 Å². The van der Waals surface area contributed by atoms with Crippen molar-refractivity contribution in [3.63, 3.8) is 0 Å². The molecule has 3 rings (SSSR count). The third-order valence-electron chi connectivity index (χ3n) is 6.42. The summed E-state index contributed by atoms with van der Waals surface area (Å²) < 4.78 is 10.5. The van der Waals surface area contributed by atoms with Crippen LogP contribution in [-0.2, 0) is 19.1 Å². The molecule has 1 saturated heterocycles. The van der Waals surface area contributed by atoms with E-state index in [9.17, 15) is 24.3 Å². The highest BCUT2D eigenvalue weighted by Gasteiger charge is 2.32. The lowest BCUT2D eigenvalue weighted by Crippen LogP contribution is -2.56. The van der Waals surface area contributed by atoms with E-state index in [4.69, 9.17) is 9.47 Å². The van der Waals surface area contributed by atoms with Crippen molar-refractivity contribution < 1.29 is 33.8 Å². The summed E-state index contributed by atoms with van der Waals surface area (Å²) in [6.07, 6.45) is -0.542. The fourth-order valence-corrected chi connectivity index (χ4v) is 4.39. The maximum Gasteiger partial charge on any atom is 0.409 e. The zero-order valence-electron chi connectivity index (χ0n) is 26.3. The minimum absolute atomic E-state index is 0.00131. The topological polar surface area (TPSA) is 138 Å². The molecule has 236 valence electrons. The van der Waals surface area contributed by atoms with Gasteiger partial charge in [-0.15, -0.1) is 0 Å². The number of rotatable bonds is 8. The molecule has 3 amide bonds. The molecule has 0 bridgehead atoms. The Bertz CT molecular complexity index is 1390. The van der Waals surface area contributed by atoms with E-state index < -0.39 is 35.2 Å². The summed E-state index contributed by atoms with van der Waals surface area (Å²) in [5.41, 5.74) is -0.234. The van der Waals surface area contributed by atoms with Crippen molar-refractivity contribution in [3.05, 3.63) is 53.7 Å². The van der Waals surface area contributed by atoms with E-state index in [1.807, 2.05) is 30.3 Å². The summed E-state index contributed by atoms with van der Waals surface area (Å²) in [4.78, 5) is 59.6. The van der Waals surface area contributed by atoms with Crippen molar-refractivity contribution in [3.8, 4) is 23.1 Å². The third kappa shape index (κ3) is 10.7. The van der Waals surface area contributed by atoms with Crippen molar-refractivity contribution in [2.75, 3.05) is 32.8 Å². The molecule has 2 aromatic rings. The summed E-state index contributed by atoms with van der Waals surface area (Å²) in [5.74, 6) is 4.15. The monoisotopic (exact) mass is 606 g/mol. The number of carbonyl (C=O) groups is 4. The Hall–Kier alpha value is -4.43.